The van der Waals surface area contributed by atoms with Gasteiger partial charge in [-0.3, -0.25) is 4.79 Å². The second kappa shape index (κ2) is 7.13. The molecule has 2 aliphatic rings. The minimum Gasteiger partial charge on any atom is -0.378 e. The maximum atomic E-state index is 12.6. The van der Waals surface area contributed by atoms with E-state index in [0.29, 0.717) is 11.6 Å². The maximum Gasteiger partial charge on any atom is 0.262 e. The Morgan fingerprint density at radius 1 is 1.40 bits per heavy atom. The van der Waals surface area contributed by atoms with Crippen molar-refractivity contribution in [2.24, 2.45) is 13.0 Å². The fourth-order valence-corrected chi connectivity index (χ4v) is 3.88. The van der Waals surface area contributed by atoms with Gasteiger partial charge in [-0.1, -0.05) is 0 Å². The maximum absolute atomic E-state index is 12.6. The minimum absolute atomic E-state index is 0.0667. The molecule has 0 aromatic carbocycles. The summed E-state index contributed by atoms with van der Waals surface area (Å²) in [5.74, 6) is 0.00288. The van der Waals surface area contributed by atoms with E-state index in [-0.39, 0.29) is 23.6 Å². The van der Waals surface area contributed by atoms with E-state index in [4.69, 9.17) is 10.00 Å². The Morgan fingerprint density at radius 3 is 2.88 bits per heavy atom. The molecule has 0 bridgehead atoms. The lowest BCUT2D eigenvalue weighted by Gasteiger charge is -2.33. The fourth-order valence-electron chi connectivity index (χ4n) is 3.88. The topological polar surface area (TPSA) is 90.8 Å². The van der Waals surface area contributed by atoms with Crippen LogP contribution in [0.5, 0.6) is 0 Å². The Hall–Kier alpha value is -2.57. The average molecular weight is 338 g/mol. The van der Waals surface area contributed by atoms with Crippen LogP contribution >= 0.6 is 0 Å². The first-order valence-corrected chi connectivity index (χ1v) is 8.65. The molecular formula is C19H22N4O2. The summed E-state index contributed by atoms with van der Waals surface area (Å²) >= 11 is 0. The third kappa shape index (κ3) is 3.31. The molecular weight excluding hydrogens is 316 g/mol. The Balaban J connectivity index is 1.78. The number of nitrogens with one attached hydrogen (secondary N) is 1. The first-order valence-electron chi connectivity index (χ1n) is 8.65. The predicted molar refractivity (Wildman–Crippen MR) is 92.1 cm³/mol. The van der Waals surface area contributed by atoms with Crippen molar-refractivity contribution in [3.05, 3.63) is 28.6 Å². The standard InChI is InChI=1S/C19H22N4O2/c1-12-13(9-15(11-21)23(12)2)8-14(10-20)19(24)22-17-4-3-5-18-16(17)6-7-25-18/h8-9,16-18H,3-7H2,1-2H3,(H,22,24). The Morgan fingerprint density at radius 2 is 2.20 bits per heavy atom. The Kier molecular flexibility index (Phi) is 4.92. The largest absolute Gasteiger partial charge is 0.378 e. The molecule has 1 N–H and O–H groups in total. The smallest absolute Gasteiger partial charge is 0.262 e. The van der Waals surface area contributed by atoms with Crippen LogP contribution in [0.15, 0.2) is 11.6 Å². The third-order valence-electron chi connectivity index (χ3n) is 5.45. The van der Waals surface area contributed by atoms with E-state index in [2.05, 4.69) is 11.4 Å². The lowest BCUT2D eigenvalue weighted by atomic mass is 9.81. The van der Waals surface area contributed by atoms with Gasteiger partial charge in [-0.2, -0.15) is 10.5 Å². The molecule has 3 rings (SSSR count). The first-order chi connectivity index (χ1) is 12.0. The van der Waals surface area contributed by atoms with Crippen LogP contribution < -0.4 is 5.32 Å². The lowest BCUT2D eigenvalue weighted by Crippen LogP contribution is -2.46. The van der Waals surface area contributed by atoms with Crippen LogP contribution in [0.2, 0.25) is 0 Å². The zero-order valence-corrected chi connectivity index (χ0v) is 14.6. The van der Waals surface area contributed by atoms with E-state index in [0.717, 1.165) is 43.5 Å². The van der Waals surface area contributed by atoms with Crippen molar-refractivity contribution in [1.29, 1.82) is 10.5 Å². The van der Waals surface area contributed by atoms with Crippen LogP contribution in [0.3, 0.4) is 0 Å². The molecule has 3 unspecified atom stereocenters. The first kappa shape index (κ1) is 17.3. The zero-order valence-electron chi connectivity index (χ0n) is 14.6. The molecule has 6 heteroatoms. The highest BCUT2D eigenvalue weighted by Gasteiger charge is 2.38. The number of hydrogen-bond donors (Lipinski definition) is 1. The summed E-state index contributed by atoms with van der Waals surface area (Å²) in [6.07, 6.45) is 5.78. The Bertz CT molecular complexity index is 794. The van der Waals surface area contributed by atoms with Crippen LogP contribution in [0, 0.1) is 35.5 Å². The van der Waals surface area contributed by atoms with Crippen molar-refractivity contribution in [2.45, 2.75) is 44.8 Å². The van der Waals surface area contributed by atoms with Crippen molar-refractivity contribution in [2.75, 3.05) is 6.61 Å². The second-order valence-electron chi connectivity index (χ2n) is 6.78. The SMILES string of the molecule is Cc1c(C=C(C#N)C(=O)NC2CCCC3OCCC23)cc(C#N)n1C. The average Bonchev–Trinajstić information content (AvgIpc) is 3.19. The number of fused-ring (bicyclic) bond motifs is 1. The van der Waals surface area contributed by atoms with Crippen molar-refractivity contribution >= 4 is 12.0 Å². The molecule has 3 atom stereocenters. The van der Waals surface area contributed by atoms with Crippen LogP contribution in [-0.2, 0) is 16.6 Å². The van der Waals surface area contributed by atoms with Gasteiger partial charge in [-0.25, -0.2) is 0 Å². The summed E-state index contributed by atoms with van der Waals surface area (Å²) in [5, 5.41) is 21.6. The van der Waals surface area contributed by atoms with Crippen molar-refractivity contribution in [3.8, 4) is 12.1 Å². The van der Waals surface area contributed by atoms with Gasteiger partial charge in [0, 0.05) is 31.3 Å². The van der Waals surface area contributed by atoms with Crippen LogP contribution in [0.25, 0.3) is 6.08 Å². The number of carbonyl (C=O) groups excluding carboxylic acids is 1. The number of nitriles is 2. The summed E-state index contributed by atoms with van der Waals surface area (Å²) in [4.78, 5) is 12.6. The normalized spacial score (nSPS) is 25.8. The van der Waals surface area contributed by atoms with Crippen LogP contribution in [0.4, 0.5) is 0 Å². The molecule has 1 aliphatic carbocycles. The summed E-state index contributed by atoms with van der Waals surface area (Å²) in [7, 11) is 1.79. The van der Waals surface area contributed by atoms with Gasteiger partial charge in [-0.05, 0) is 50.3 Å². The summed E-state index contributed by atoms with van der Waals surface area (Å²) in [6, 6.07) is 5.87. The molecule has 6 nitrogen and oxygen atoms in total. The van der Waals surface area contributed by atoms with Gasteiger partial charge in [0.1, 0.15) is 23.4 Å². The number of amides is 1. The molecule has 1 aromatic heterocycles. The number of ether oxygens (including phenoxy) is 1. The lowest BCUT2D eigenvalue weighted by molar-refractivity contribution is -0.118. The fraction of sp³-hybridized carbons (Fsp3) is 0.526. The molecule has 1 saturated heterocycles. The number of rotatable bonds is 3. The highest BCUT2D eigenvalue weighted by molar-refractivity contribution is 6.02. The number of carbonyl (C=O) groups is 1. The van der Waals surface area contributed by atoms with Gasteiger partial charge < -0.3 is 14.6 Å². The number of aromatic nitrogens is 1. The van der Waals surface area contributed by atoms with Gasteiger partial charge in [0.05, 0.1) is 6.10 Å². The molecule has 1 aliphatic heterocycles. The van der Waals surface area contributed by atoms with E-state index >= 15 is 0 Å². The summed E-state index contributed by atoms with van der Waals surface area (Å²) in [6.45, 7) is 2.62. The predicted octanol–water partition coefficient (Wildman–Crippen LogP) is 2.19. The molecule has 2 fully saturated rings. The van der Waals surface area contributed by atoms with E-state index < -0.39 is 0 Å². The van der Waals surface area contributed by atoms with Gasteiger partial charge in [-0.15, -0.1) is 0 Å². The van der Waals surface area contributed by atoms with Crippen molar-refractivity contribution < 1.29 is 9.53 Å². The molecule has 25 heavy (non-hydrogen) atoms. The van der Waals surface area contributed by atoms with Gasteiger partial charge in [0.15, 0.2) is 0 Å². The summed E-state index contributed by atoms with van der Waals surface area (Å²) in [5.41, 5.74) is 2.13. The third-order valence-corrected chi connectivity index (χ3v) is 5.45. The quantitative estimate of drug-likeness (QED) is 0.675. The Labute approximate surface area is 147 Å². The highest BCUT2D eigenvalue weighted by atomic mass is 16.5. The molecule has 2 heterocycles. The molecule has 130 valence electrons. The van der Waals surface area contributed by atoms with Gasteiger partial charge >= 0.3 is 0 Å². The van der Waals surface area contributed by atoms with Crippen molar-refractivity contribution in [3.63, 3.8) is 0 Å². The van der Waals surface area contributed by atoms with E-state index in [9.17, 15) is 10.1 Å². The highest BCUT2D eigenvalue weighted by Crippen LogP contribution is 2.34. The second-order valence-corrected chi connectivity index (χ2v) is 6.78. The van der Waals surface area contributed by atoms with E-state index in [1.807, 2.05) is 13.0 Å². The van der Waals surface area contributed by atoms with E-state index in [1.165, 1.54) is 0 Å². The van der Waals surface area contributed by atoms with Gasteiger partial charge in [0.2, 0.25) is 0 Å². The summed E-state index contributed by atoms with van der Waals surface area (Å²) < 4.78 is 7.48. The molecule has 1 saturated carbocycles. The van der Waals surface area contributed by atoms with Crippen molar-refractivity contribution in [1.82, 2.24) is 9.88 Å². The van der Waals surface area contributed by atoms with Crippen LogP contribution in [0.1, 0.15) is 42.6 Å². The minimum atomic E-state index is -0.346. The monoisotopic (exact) mass is 338 g/mol. The van der Waals surface area contributed by atoms with Gasteiger partial charge in [0.25, 0.3) is 5.91 Å². The molecule has 0 radical (unpaired) electrons. The number of hydrogen-bond acceptors (Lipinski definition) is 4. The number of nitrogens with zero attached hydrogens (tertiary/aromatic N) is 3. The van der Waals surface area contributed by atoms with E-state index in [1.54, 1.807) is 23.8 Å². The van der Waals surface area contributed by atoms with Crippen LogP contribution in [-0.4, -0.2) is 29.2 Å². The molecule has 0 spiro atoms. The zero-order chi connectivity index (χ0) is 18.0. The molecule has 1 aromatic rings. The molecule has 1 amide bonds.